The van der Waals surface area contributed by atoms with E-state index in [9.17, 15) is 4.79 Å². The summed E-state index contributed by atoms with van der Waals surface area (Å²) in [5, 5.41) is 3.32. The van der Waals surface area contributed by atoms with Gasteiger partial charge in [0.2, 0.25) is 5.91 Å². The summed E-state index contributed by atoms with van der Waals surface area (Å²) < 4.78 is 1.05. The zero-order chi connectivity index (χ0) is 10.6. The monoisotopic (exact) mass is 341 g/mol. The van der Waals surface area contributed by atoms with Gasteiger partial charge >= 0.3 is 0 Å². The summed E-state index contributed by atoms with van der Waals surface area (Å²) in [5.41, 5.74) is 0.672. The van der Waals surface area contributed by atoms with Crippen LogP contribution in [-0.4, -0.2) is 17.9 Å². The highest BCUT2D eigenvalue weighted by Crippen LogP contribution is 2.23. The second-order valence-corrected chi connectivity index (χ2v) is 5.12. The zero-order valence-corrected chi connectivity index (χ0v) is 11.2. The number of hydrogen-bond acceptors (Lipinski definition) is 2. The van der Waals surface area contributed by atoms with E-state index in [1.54, 1.807) is 0 Å². The molecule has 0 radical (unpaired) electrons. The molecule has 0 saturated heterocycles. The van der Waals surface area contributed by atoms with E-state index in [1.807, 2.05) is 24.5 Å². The predicted octanol–water partition coefficient (Wildman–Crippen LogP) is 3.25. The number of halogens is 2. The van der Waals surface area contributed by atoms with Crippen molar-refractivity contribution in [2.75, 3.05) is 17.3 Å². The molecule has 5 heteroatoms. The molecule has 0 aliphatic heterocycles. The number of hydrogen-bond donors (Lipinski definition) is 1. The largest absolute Gasteiger partial charge is 0.324 e. The number of carbonyl (C=O) groups is 1. The Morgan fingerprint density at radius 3 is 2.93 bits per heavy atom. The van der Waals surface area contributed by atoms with E-state index in [2.05, 4.69) is 27.9 Å². The van der Waals surface area contributed by atoms with E-state index in [1.165, 1.54) is 11.8 Å². The number of nitrogens with one attached hydrogen (secondary N) is 1. The molecule has 0 spiro atoms. The SMILES string of the molecule is CSCC(=O)Nc1ccc(I)cc1Cl. The smallest absolute Gasteiger partial charge is 0.234 e. The highest BCUT2D eigenvalue weighted by atomic mass is 127. The van der Waals surface area contributed by atoms with Crippen LogP contribution in [-0.2, 0) is 4.79 Å². The third-order valence-corrected chi connectivity index (χ3v) is 3.02. The lowest BCUT2D eigenvalue weighted by atomic mass is 10.3. The van der Waals surface area contributed by atoms with Gasteiger partial charge in [0.15, 0.2) is 0 Å². The topological polar surface area (TPSA) is 29.1 Å². The number of benzene rings is 1. The summed E-state index contributed by atoms with van der Waals surface area (Å²) in [4.78, 5) is 11.3. The maximum atomic E-state index is 11.3. The minimum Gasteiger partial charge on any atom is -0.324 e. The molecule has 0 aromatic heterocycles. The third kappa shape index (κ3) is 3.67. The number of anilines is 1. The second kappa shape index (κ2) is 5.82. The van der Waals surface area contributed by atoms with Gasteiger partial charge in [0.05, 0.1) is 16.5 Å². The van der Waals surface area contributed by atoms with Crippen LogP contribution in [0.4, 0.5) is 5.69 Å². The van der Waals surface area contributed by atoms with Crippen molar-refractivity contribution < 1.29 is 4.79 Å². The molecule has 0 aliphatic carbocycles. The van der Waals surface area contributed by atoms with Gasteiger partial charge in [-0.25, -0.2) is 0 Å². The zero-order valence-electron chi connectivity index (χ0n) is 7.51. The van der Waals surface area contributed by atoms with Gasteiger partial charge in [-0.1, -0.05) is 11.6 Å². The Morgan fingerprint density at radius 1 is 1.64 bits per heavy atom. The van der Waals surface area contributed by atoms with Crippen LogP contribution in [0.1, 0.15) is 0 Å². The summed E-state index contributed by atoms with van der Waals surface area (Å²) in [6, 6.07) is 5.53. The molecule has 14 heavy (non-hydrogen) atoms. The Labute approximate surface area is 106 Å². The number of thioether (sulfide) groups is 1. The highest BCUT2D eigenvalue weighted by molar-refractivity contribution is 14.1. The van der Waals surface area contributed by atoms with Crippen molar-refractivity contribution in [3.8, 4) is 0 Å². The lowest BCUT2D eigenvalue weighted by Crippen LogP contribution is -2.14. The summed E-state index contributed by atoms with van der Waals surface area (Å²) >= 11 is 9.60. The van der Waals surface area contributed by atoms with Gasteiger partial charge in [0.25, 0.3) is 0 Å². The van der Waals surface area contributed by atoms with E-state index < -0.39 is 0 Å². The molecule has 0 saturated carbocycles. The quantitative estimate of drug-likeness (QED) is 0.855. The molecule has 2 nitrogen and oxygen atoms in total. The lowest BCUT2D eigenvalue weighted by molar-refractivity contribution is -0.113. The Balaban J connectivity index is 2.72. The molecule has 1 aromatic rings. The van der Waals surface area contributed by atoms with Crippen molar-refractivity contribution in [2.45, 2.75) is 0 Å². The Kier molecular flexibility index (Phi) is 5.05. The van der Waals surface area contributed by atoms with Crippen molar-refractivity contribution in [2.24, 2.45) is 0 Å². The molecule has 1 aromatic carbocycles. The van der Waals surface area contributed by atoms with Gasteiger partial charge in [-0.15, -0.1) is 0 Å². The summed E-state index contributed by atoms with van der Waals surface area (Å²) in [7, 11) is 0. The molecule has 1 rings (SSSR count). The van der Waals surface area contributed by atoms with Gasteiger partial charge in [0, 0.05) is 3.57 Å². The van der Waals surface area contributed by atoms with Crippen LogP contribution < -0.4 is 5.32 Å². The van der Waals surface area contributed by atoms with Crippen molar-refractivity contribution in [3.63, 3.8) is 0 Å². The molecular formula is C9H9ClINOS. The fourth-order valence-corrected chi connectivity index (χ4v) is 2.15. The number of carbonyl (C=O) groups excluding carboxylic acids is 1. The third-order valence-electron chi connectivity index (χ3n) is 1.48. The molecule has 0 unspecified atom stereocenters. The van der Waals surface area contributed by atoms with Crippen LogP contribution in [0.25, 0.3) is 0 Å². The van der Waals surface area contributed by atoms with Crippen molar-refractivity contribution in [3.05, 3.63) is 26.8 Å². The van der Waals surface area contributed by atoms with E-state index in [0.29, 0.717) is 16.5 Å². The van der Waals surface area contributed by atoms with Crippen LogP contribution in [0.2, 0.25) is 5.02 Å². The standard InChI is InChI=1S/C9H9ClINOS/c1-14-5-9(13)12-8-3-2-6(11)4-7(8)10/h2-4H,5H2,1H3,(H,12,13). The average molecular weight is 342 g/mol. The van der Waals surface area contributed by atoms with E-state index in [-0.39, 0.29) is 5.91 Å². The molecule has 1 N–H and O–H groups in total. The molecular weight excluding hydrogens is 333 g/mol. The Hall–Kier alpha value is 0.0600. The predicted molar refractivity (Wildman–Crippen MR) is 71.2 cm³/mol. The summed E-state index contributed by atoms with van der Waals surface area (Å²) in [6.45, 7) is 0. The van der Waals surface area contributed by atoms with Crippen LogP contribution in [0.3, 0.4) is 0 Å². The summed E-state index contributed by atoms with van der Waals surface area (Å²) in [5.74, 6) is 0.420. The van der Waals surface area contributed by atoms with Crippen LogP contribution in [0.15, 0.2) is 18.2 Å². The minimum atomic E-state index is -0.0272. The van der Waals surface area contributed by atoms with Crippen LogP contribution in [0.5, 0.6) is 0 Å². The number of amides is 1. The molecule has 0 aliphatic rings. The Morgan fingerprint density at radius 2 is 2.36 bits per heavy atom. The average Bonchev–Trinajstić information content (AvgIpc) is 2.10. The van der Waals surface area contributed by atoms with Gasteiger partial charge in [-0.3, -0.25) is 4.79 Å². The Bertz CT molecular complexity index is 346. The maximum absolute atomic E-state index is 11.3. The van der Waals surface area contributed by atoms with E-state index in [0.717, 1.165) is 3.57 Å². The van der Waals surface area contributed by atoms with Crippen molar-refractivity contribution >= 4 is 57.5 Å². The molecule has 0 fully saturated rings. The second-order valence-electron chi connectivity index (χ2n) is 2.61. The van der Waals surface area contributed by atoms with Gasteiger partial charge < -0.3 is 5.32 Å². The first kappa shape index (κ1) is 12.1. The van der Waals surface area contributed by atoms with Crippen molar-refractivity contribution in [1.29, 1.82) is 0 Å². The molecule has 0 heterocycles. The first-order valence-electron chi connectivity index (χ1n) is 3.87. The first-order valence-corrected chi connectivity index (χ1v) is 6.72. The van der Waals surface area contributed by atoms with Gasteiger partial charge in [0.1, 0.15) is 0 Å². The van der Waals surface area contributed by atoms with Gasteiger partial charge in [-0.05, 0) is 47.0 Å². The first-order chi connectivity index (χ1) is 6.63. The fourth-order valence-electron chi connectivity index (χ4n) is 0.908. The fraction of sp³-hybridized carbons (Fsp3) is 0.222. The molecule has 76 valence electrons. The molecule has 0 atom stereocenters. The molecule has 1 amide bonds. The van der Waals surface area contributed by atoms with E-state index in [4.69, 9.17) is 11.6 Å². The molecule has 0 bridgehead atoms. The van der Waals surface area contributed by atoms with Gasteiger partial charge in [-0.2, -0.15) is 11.8 Å². The van der Waals surface area contributed by atoms with E-state index >= 15 is 0 Å². The minimum absolute atomic E-state index is 0.0272. The highest BCUT2D eigenvalue weighted by Gasteiger charge is 2.04. The lowest BCUT2D eigenvalue weighted by Gasteiger charge is -2.06. The summed E-state index contributed by atoms with van der Waals surface area (Å²) in [6.07, 6.45) is 1.88. The maximum Gasteiger partial charge on any atom is 0.234 e. The van der Waals surface area contributed by atoms with Crippen LogP contribution >= 0.6 is 46.0 Å². The van der Waals surface area contributed by atoms with Crippen molar-refractivity contribution in [1.82, 2.24) is 0 Å². The van der Waals surface area contributed by atoms with Crippen LogP contribution in [0, 0.1) is 3.57 Å². The normalized spacial score (nSPS) is 9.93. The number of rotatable bonds is 3.